The molecule has 104 valence electrons. The standard InChI is InChI=1S/C7H14N2O3S.C3H5NO/c1-2-8-7(10)9-3-5-13(11,12)6-4-9;1-2-4-3-5/h2-6H2,1H3,(H,8,10);2H2,1H3. The van der Waals surface area contributed by atoms with Gasteiger partial charge in [0.25, 0.3) is 0 Å². The van der Waals surface area contributed by atoms with Crippen molar-refractivity contribution >= 4 is 21.9 Å². The summed E-state index contributed by atoms with van der Waals surface area (Å²) < 4.78 is 22.0. The van der Waals surface area contributed by atoms with Crippen LogP contribution >= 0.6 is 0 Å². The van der Waals surface area contributed by atoms with Gasteiger partial charge in [0, 0.05) is 26.2 Å². The number of carbonyl (C=O) groups excluding carboxylic acids is 2. The smallest absolute Gasteiger partial charge is 0.317 e. The van der Waals surface area contributed by atoms with Gasteiger partial charge in [-0.15, -0.1) is 0 Å². The lowest BCUT2D eigenvalue weighted by Gasteiger charge is -2.26. The molecule has 0 saturated carbocycles. The Morgan fingerprint density at radius 1 is 1.33 bits per heavy atom. The third-order valence-electron chi connectivity index (χ3n) is 2.18. The van der Waals surface area contributed by atoms with Crippen molar-refractivity contribution in [2.24, 2.45) is 4.99 Å². The van der Waals surface area contributed by atoms with Crippen molar-refractivity contribution in [1.29, 1.82) is 0 Å². The average molecular weight is 277 g/mol. The zero-order chi connectivity index (χ0) is 14.0. The summed E-state index contributed by atoms with van der Waals surface area (Å²) >= 11 is 0. The molecule has 0 aromatic rings. The molecule has 0 unspecified atom stereocenters. The van der Waals surface area contributed by atoms with E-state index >= 15 is 0 Å². The van der Waals surface area contributed by atoms with Crippen molar-refractivity contribution in [3.63, 3.8) is 0 Å². The van der Waals surface area contributed by atoms with E-state index in [0.717, 1.165) is 0 Å². The zero-order valence-electron chi connectivity index (χ0n) is 10.7. The van der Waals surface area contributed by atoms with E-state index in [1.807, 2.05) is 6.92 Å². The van der Waals surface area contributed by atoms with Gasteiger partial charge in [0.15, 0.2) is 9.84 Å². The molecule has 7 nitrogen and oxygen atoms in total. The molecule has 0 atom stereocenters. The predicted octanol–water partition coefficient (Wildman–Crippen LogP) is -0.212. The molecule has 1 aliphatic heterocycles. The average Bonchev–Trinajstić information content (AvgIpc) is 2.31. The first kappa shape index (κ1) is 16.6. The number of hydrogen-bond acceptors (Lipinski definition) is 5. The van der Waals surface area contributed by atoms with Crippen LogP contribution in [0.3, 0.4) is 0 Å². The monoisotopic (exact) mass is 277 g/mol. The molecule has 1 saturated heterocycles. The number of urea groups is 1. The summed E-state index contributed by atoms with van der Waals surface area (Å²) in [4.78, 5) is 25.0. The number of carbonyl (C=O) groups is 1. The number of sulfone groups is 1. The first-order valence-electron chi connectivity index (χ1n) is 5.73. The highest BCUT2D eigenvalue weighted by Gasteiger charge is 2.24. The molecule has 8 heteroatoms. The van der Waals surface area contributed by atoms with Crippen LogP contribution in [0.1, 0.15) is 13.8 Å². The quantitative estimate of drug-likeness (QED) is 0.558. The maximum Gasteiger partial charge on any atom is 0.317 e. The van der Waals surface area contributed by atoms with Gasteiger partial charge >= 0.3 is 6.03 Å². The molecule has 1 rings (SSSR count). The Morgan fingerprint density at radius 2 is 1.89 bits per heavy atom. The van der Waals surface area contributed by atoms with Crippen molar-refractivity contribution in [3.05, 3.63) is 0 Å². The van der Waals surface area contributed by atoms with E-state index in [9.17, 15) is 13.2 Å². The number of amides is 2. The van der Waals surface area contributed by atoms with Crippen molar-refractivity contribution in [3.8, 4) is 0 Å². The van der Waals surface area contributed by atoms with Crippen molar-refractivity contribution in [2.75, 3.05) is 37.7 Å². The minimum Gasteiger partial charge on any atom is -0.338 e. The van der Waals surface area contributed by atoms with Gasteiger partial charge in [-0.3, -0.25) is 0 Å². The molecule has 0 aromatic carbocycles. The molecule has 2 amide bonds. The molecular weight excluding hydrogens is 258 g/mol. The van der Waals surface area contributed by atoms with E-state index in [0.29, 0.717) is 26.2 Å². The lowest BCUT2D eigenvalue weighted by Crippen LogP contribution is -2.48. The van der Waals surface area contributed by atoms with Gasteiger partial charge in [0.05, 0.1) is 11.5 Å². The summed E-state index contributed by atoms with van der Waals surface area (Å²) in [5.41, 5.74) is 0. The zero-order valence-corrected chi connectivity index (χ0v) is 11.5. The lowest BCUT2D eigenvalue weighted by atomic mass is 10.5. The van der Waals surface area contributed by atoms with Gasteiger partial charge in [-0.2, -0.15) is 0 Å². The van der Waals surface area contributed by atoms with Crippen LogP contribution in [0.25, 0.3) is 0 Å². The van der Waals surface area contributed by atoms with Gasteiger partial charge in [0.2, 0.25) is 6.08 Å². The minimum atomic E-state index is -2.89. The fourth-order valence-corrected chi connectivity index (χ4v) is 2.44. The Kier molecular flexibility index (Phi) is 7.98. The number of isocyanates is 1. The first-order valence-corrected chi connectivity index (χ1v) is 7.55. The van der Waals surface area contributed by atoms with Gasteiger partial charge < -0.3 is 10.2 Å². The Bertz CT molecular complexity index is 387. The highest BCUT2D eigenvalue weighted by atomic mass is 32.2. The van der Waals surface area contributed by atoms with Gasteiger partial charge in [-0.1, -0.05) is 0 Å². The van der Waals surface area contributed by atoms with Crippen molar-refractivity contribution in [2.45, 2.75) is 13.8 Å². The molecule has 0 spiro atoms. The molecule has 1 aliphatic rings. The summed E-state index contributed by atoms with van der Waals surface area (Å²) in [5.74, 6) is 0.175. The molecule has 0 radical (unpaired) electrons. The molecule has 18 heavy (non-hydrogen) atoms. The summed E-state index contributed by atoms with van der Waals surface area (Å²) in [6.45, 7) is 5.36. The summed E-state index contributed by atoms with van der Waals surface area (Å²) in [5, 5.41) is 2.63. The molecule has 0 bridgehead atoms. The van der Waals surface area contributed by atoms with E-state index in [1.165, 1.54) is 11.0 Å². The van der Waals surface area contributed by atoms with Crippen LogP contribution in [0.4, 0.5) is 4.79 Å². The van der Waals surface area contributed by atoms with Crippen LogP contribution in [0.15, 0.2) is 4.99 Å². The fraction of sp³-hybridized carbons (Fsp3) is 0.800. The highest BCUT2D eigenvalue weighted by Crippen LogP contribution is 2.03. The van der Waals surface area contributed by atoms with E-state index in [4.69, 9.17) is 4.79 Å². The van der Waals surface area contributed by atoms with Gasteiger partial charge in [-0.05, 0) is 13.8 Å². The molecule has 0 aliphatic carbocycles. The minimum absolute atomic E-state index is 0.0874. The number of rotatable bonds is 2. The molecule has 1 heterocycles. The number of nitrogens with one attached hydrogen (secondary N) is 1. The summed E-state index contributed by atoms with van der Waals surface area (Å²) in [7, 11) is -2.89. The predicted molar refractivity (Wildman–Crippen MR) is 68.0 cm³/mol. The summed E-state index contributed by atoms with van der Waals surface area (Å²) in [6, 6.07) is -0.169. The van der Waals surface area contributed by atoms with Gasteiger partial charge in [0.1, 0.15) is 0 Å². The van der Waals surface area contributed by atoms with Gasteiger partial charge in [-0.25, -0.2) is 23.0 Å². The number of nitrogens with zero attached hydrogens (tertiary/aromatic N) is 2. The first-order chi connectivity index (χ1) is 8.46. The van der Waals surface area contributed by atoms with E-state index in [1.54, 1.807) is 6.92 Å². The van der Waals surface area contributed by atoms with E-state index in [-0.39, 0.29) is 17.5 Å². The van der Waals surface area contributed by atoms with Crippen LogP contribution < -0.4 is 5.32 Å². The maximum atomic E-state index is 11.2. The van der Waals surface area contributed by atoms with Crippen LogP contribution in [-0.2, 0) is 14.6 Å². The Labute approximate surface area is 107 Å². The number of aliphatic imine (C=N–C) groups is 1. The summed E-state index contributed by atoms with van der Waals surface area (Å²) in [6.07, 6.45) is 1.39. The third kappa shape index (κ3) is 7.03. The second-order valence-electron chi connectivity index (χ2n) is 3.54. The van der Waals surface area contributed by atoms with Crippen LogP contribution in [0, 0.1) is 0 Å². The van der Waals surface area contributed by atoms with E-state index in [2.05, 4.69) is 10.3 Å². The molecule has 0 aromatic heterocycles. The fourth-order valence-electron chi connectivity index (χ4n) is 1.24. The largest absolute Gasteiger partial charge is 0.338 e. The van der Waals surface area contributed by atoms with E-state index < -0.39 is 9.84 Å². The Morgan fingerprint density at radius 3 is 2.22 bits per heavy atom. The number of hydrogen-bond donors (Lipinski definition) is 1. The molecule has 1 N–H and O–H groups in total. The van der Waals surface area contributed by atoms with Crippen LogP contribution in [-0.4, -0.2) is 63.1 Å². The second kappa shape index (κ2) is 8.66. The topological polar surface area (TPSA) is 95.9 Å². The molecular formula is C10H19N3O4S. The van der Waals surface area contributed by atoms with Crippen LogP contribution in [0.5, 0.6) is 0 Å². The Hall–Kier alpha value is -1.40. The SMILES string of the molecule is CCN=C=O.CCNC(=O)N1CCS(=O)(=O)CC1. The lowest BCUT2D eigenvalue weighted by molar-refractivity contribution is 0.203. The molecule has 1 fully saturated rings. The van der Waals surface area contributed by atoms with Crippen LogP contribution in [0.2, 0.25) is 0 Å². The Balaban J connectivity index is 0.000000494. The normalized spacial score (nSPS) is 16.9. The third-order valence-corrected chi connectivity index (χ3v) is 3.79. The second-order valence-corrected chi connectivity index (χ2v) is 5.84. The maximum absolute atomic E-state index is 11.2. The van der Waals surface area contributed by atoms with Crippen molar-refractivity contribution < 1.29 is 18.0 Å². The highest BCUT2D eigenvalue weighted by molar-refractivity contribution is 7.91. The van der Waals surface area contributed by atoms with Crippen molar-refractivity contribution in [1.82, 2.24) is 10.2 Å².